The van der Waals surface area contributed by atoms with Crippen LogP contribution in [0.15, 0.2) is 28.0 Å². The van der Waals surface area contributed by atoms with Crippen LogP contribution >= 0.6 is 0 Å². The zero-order valence-electron chi connectivity index (χ0n) is 13.2. The van der Waals surface area contributed by atoms with Crippen LogP contribution in [0.2, 0.25) is 0 Å². The summed E-state index contributed by atoms with van der Waals surface area (Å²) in [7, 11) is -8.87. The van der Waals surface area contributed by atoms with Gasteiger partial charge >= 0.3 is 0 Å². The summed E-state index contributed by atoms with van der Waals surface area (Å²) in [4.78, 5) is -0.581. The third kappa shape index (κ3) is 3.25. The molecule has 8 heteroatoms. The zero-order chi connectivity index (χ0) is 17.7. The van der Waals surface area contributed by atoms with E-state index in [-0.39, 0.29) is 15.7 Å². The molecule has 0 fully saturated rings. The van der Waals surface area contributed by atoms with E-state index >= 15 is 0 Å². The van der Waals surface area contributed by atoms with Crippen LogP contribution in [0.4, 0.5) is 0 Å². The fourth-order valence-corrected chi connectivity index (χ4v) is 4.07. The molecule has 126 valence electrons. The fourth-order valence-electron chi connectivity index (χ4n) is 2.70. The van der Waals surface area contributed by atoms with E-state index in [9.17, 15) is 25.9 Å². The van der Waals surface area contributed by atoms with Gasteiger partial charge in [0.25, 0.3) is 20.2 Å². The van der Waals surface area contributed by atoms with Gasteiger partial charge in [-0.1, -0.05) is 13.8 Å². The molecular formula is C15H18O6S2. The Morgan fingerprint density at radius 1 is 0.870 bits per heavy atom. The van der Waals surface area contributed by atoms with Crippen LogP contribution < -0.4 is 0 Å². The third-order valence-electron chi connectivity index (χ3n) is 3.96. The van der Waals surface area contributed by atoms with Crippen molar-refractivity contribution >= 4 is 31.0 Å². The maximum atomic E-state index is 11.5. The van der Waals surface area contributed by atoms with Gasteiger partial charge in [0.05, 0.1) is 9.79 Å². The van der Waals surface area contributed by atoms with E-state index in [1.165, 1.54) is 18.2 Å². The fraction of sp³-hybridized carbons (Fsp3) is 0.333. The van der Waals surface area contributed by atoms with Crippen LogP contribution in [0.3, 0.4) is 0 Å². The summed E-state index contributed by atoms with van der Waals surface area (Å²) in [5, 5.41) is 1.05. The van der Waals surface area contributed by atoms with Crippen molar-refractivity contribution < 1.29 is 25.9 Å². The number of benzene rings is 2. The molecule has 0 radical (unpaired) electrons. The van der Waals surface area contributed by atoms with Gasteiger partial charge in [0.15, 0.2) is 0 Å². The van der Waals surface area contributed by atoms with Crippen molar-refractivity contribution in [3.8, 4) is 0 Å². The lowest BCUT2D eigenvalue weighted by atomic mass is 9.91. The summed E-state index contributed by atoms with van der Waals surface area (Å²) < 4.78 is 64.7. The van der Waals surface area contributed by atoms with E-state index in [0.717, 1.165) is 5.39 Å². The van der Waals surface area contributed by atoms with Crippen LogP contribution in [0.1, 0.15) is 36.5 Å². The average Bonchev–Trinajstić information content (AvgIpc) is 2.38. The maximum Gasteiger partial charge on any atom is 0.294 e. The molecule has 0 saturated heterocycles. The first-order valence-electron chi connectivity index (χ1n) is 6.87. The molecule has 0 spiro atoms. The minimum absolute atomic E-state index is 0.0473. The van der Waals surface area contributed by atoms with Gasteiger partial charge in [-0.15, -0.1) is 0 Å². The Labute approximate surface area is 135 Å². The summed E-state index contributed by atoms with van der Waals surface area (Å²) in [6.45, 7) is 7.03. The summed E-state index contributed by atoms with van der Waals surface area (Å²) in [6.07, 6.45) is 0. The van der Waals surface area contributed by atoms with E-state index in [2.05, 4.69) is 0 Å². The minimum Gasteiger partial charge on any atom is -0.282 e. The Balaban J connectivity index is 3.09. The predicted octanol–water partition coefficient (Wildman–Crippen LogP) is 3.07. The topological polar surface area (TPSA) is 109 Å². The number of fused-ring (bicyclic) bond motifs is 1. The smallest absolute Gasteiger partial charge is 0.282 e. The standard InChI is InChI=1S/C15H18O6S2/c1-8(2)13-7-12(22(16,17)18)5-11-6-14(23(19,20)21)9(3)10(4)15(11)13/h5-8H,1-4H3,(H,16,17,18)(H,19,20,21). The first-order valence-corrected chi connectivity index (χ1v) is 9.75. The van der Waals surface area contributed by atoms with Gasteiger partial charge in [-0.2, -0.15) is 16.8 Å². The van der Waals surface area contributed by atoms with E-state index < -0.39 is 20.2 Å². The molecule has 0 aromatic heterocycles. The quantitative estimate of drug-likeness (QED) is 0.816. The molecule has 0 saturated carbocycles. The molecule has 2 N–H and O–H groups in total. The zero-order valence-corrected chi connectivity index (χ0v) is 14.8. The van der Waals surface area contributed by atoms with E-state index in [0.29, 0.717) is 22.1 Å². The van der Waals surface area contributed by atoms with Crippen molar-refractivity contribution in [2.75, 3.05) is 0 Å². The summed E-state index contributed by atoms with van der Waals surface area (Å²) in [6, 6.07) is 3.83. The summed E-state index contributed by atoms with van der Waals surface area (Å²) in [5.41, 5.74) is 1.72. The predicted molar refractivity (Wildman–Crippen MR) is 87.1 cm³/mol. The maximum absolute atomic E-state index is 11.5. The largest absolute Gasteiger partial charge is 0.294 e. The third-order valence-corrected chi connectivity index (χ3v) is 5.78. The SMILES string of the molecule is Cc1c(S(=O)(=O)O)cc2cc(S(=O)(=O)O)cc(C(C)C)c2c1C. The molecule has 0 aliphatic carbocycles. The number of aryl methyl sites for hydroxylation is 1. The Morgan fingerprint density at radius 3 is 1.87 bits per heavy atom. The molecule has 0 amide bonds. The highest BCUT2D eigenvalue weighted by molar-refractivity contribution is 7.86. The second kappa shape index (κ2) is 5.55. The molecule has 0 aliphatic heterocycles. The highest BCUT2D eigenvalue weighted by Gasteiger charge is 2.21. The normalized spacial score (nSPS) is 13.0. The van der Waals surface area contributed by atoms with Crippen LogP contribution in [0, 0.1) is 13.8 Å². The monoisotopic (exact) mass is 358 g/mol. The van der Waals surface area contributed by atoms with Crippen molar-refractivity contribution in [1.29, 1.82) is 0 Å². The lowest BCUT2D eigenvalue weighted by Crippen LogP contribution is -2.06. The lowest BCUT2D eigenvalue weighted by molar-refractivity contribution is 0.481. The molecule has 0 heterocycles. The molecule has 2 aromatic rings. The molecule has 0 atom stereocenters. The van der Waals surface area contributed by atoms with Crippen molar-refractivity contribution in [2.24, 2.45) is 0 Å². The van der Waals surface area contributed by atoms with Crippen LogP contribution in [0.25, 0.3) is 10.8 Å². The molecule has 0 unspecified atom stereocenters. The lowest BCUT2D eigenvalue weighted by Gasteiger charge is -2.17. The Morgan fingerprint density at radius 2 is 1.43 bits per heavy atom. The van der Waals surface area contributed by atoms with Gasteiger partial charge in [-0.3, -0.25) is 9.11 Å². The molecule has 23 heavy (non-hydrogen) atoms. The second-order valence-electron chi connectivity index (χ2n) is 5.84. The highest BCUT2D eigenvalue weighted by Crippen LogP contribution is 2.35. The molecular weight excluding hydrogens is 340 g/mol. The molecule has 0 bridgehead atoms. The average molecular weight is 358 g/mol. The van der Waals surface area contributed by atoms with Crippen LogP contribution in [0.5, 0.6) is 0 Å². The van der Waals surface area contributed by atoms with Crippen molar-refractivity contribution in [3.63, 3.8) is 0 Å². The van der Waals surface area contributed by atoms with Crippen LogP contribution in [-0.2, 0) is 20.2 Å². The highest BCUT2D eigenvalue weighted by atomic mass is 32.2. The van der Waals surface area contributed by atoms with Crippen molar-refractivity contribution in [2.45, 2.75) is 43.4 Å². The minimum atomic E-state index is -4.44. The van der Waals surface area contributed by atoms with Gasteiger partial charge in [0.1, 0.15) is 0 Å². The Bertz CT molecular complexity index is 1000. The number of hydrogen-bond donors (Lipinski definition) is 2. The first kappa shape index (κ1) is 17.9. The first-order chi connectivity index (χ1) is 10.3. The Hall–Kier alpha value is -1.48. The van der Waals surface area contributed by atoms with Gasteiger partial charge in [-0.05, 0) is 65.4 Å². The number of rotatable bonds is 3. The number of hydrogen-bond acceptors (Lipinski definition) is 4. The molecule has 6 nitrogen and oxygen atoms in total. The second-order valence-corrected chi connectivity index (χ2v) is 8.65. The van der Waals surface area contributed by atoms with E-state index in [1.807, 2.05) is 13.8 Å². The summed E-state index contributed by atoms with van der Waals surface area (Å²) in [5.74, 6) is -0.0473. The van der Waals surface area contributed by atoms with Gasteiger partial charge < -0.3 is 0 Å². The molecule has 2 aromatic carbocycles. The van der Waals surface area contributed by atoms with E-state index in [4.69, 9.17) is 0 Å². The van der Waals surface area contributed by atoms with Crippen molar-refractivity contribution in [1.82, 2.24) is 0 Å². The van der Waals surface area contributed by atoms with Crippen LogP contribution in [-0.4, -0.2) is 25.9 Å². The van der Waals surface area contributed by atoms with E-state index in [1.54, 1.807) is 13.8 Å². The Kier molecular flexibility index (Phi) is 4.31. The molecule has 2 rings (SSSR count). The van der Waals surface area contributed by atoms with Gasteiger partial charge in [-0.25, -0.2) is 0 Å². The summed E-state index contributed by atoms with van der Waals surface area (Å²) >= 11 is 0. The van der Waals surface area contributed by atoms with Gasteiger partial charge in [0, 0.05) is 0 Å². The van der Waals surface area contributed by atoms with Crippen molar-refractivity contribution in [3.05, 3.63) is 34.9 Å². The van der Waals surface area contributed by atoms with Gasteiger partial charge in [0.2, 0.25) is 0 Å². The molecule has 0 aliphatic rings.